The van der Waals surface area contributed by atoms with Crippen LogP contribution in [0.15, 0.2) is 60.7 Å². The molecule has 0 radical (unpaired) electrons. The number of aromatic nitrogens is 2. The maximum atomic E-state index is 13.3. The van der Waals surface area contributed by atoms with Gasteiger partial charge in [-0.2, -0.15) is 0 Å². The van der Waals surface area contributed by atoms with Gasteiger partial charge in [-0.3, -0.25) is 0 Å². The Morgan fingerprint density at radius 2 is 1.18 bits per heavy atom. The summed E-state index contributed by atoms with van der Waals surface area (Å²) in [7, 11) is 0. The average molecular weight is 376 g/mol. The molecule has 0 unspecified atom stereocenters. The van der Waals surface area contributed by atoms with E-state index in [2.05, 4.69) is 9.97 Å². The second kappa shape index (κ2) is 7.23. The first-order valence-corrected chi connectivity index (χ1v) is 8.82. The SMILES string of the molecule is Nc1nc2ccc(Cc3ccc(F)cc3)c(Cc3ccc(F)cc3)c2nc1N. The van der Waals surface area contributed by atoms with Crippen molar-refractivity contribution in [2.45, 2.75) is 12.8 Å². The summed E-state index contributed by atoms with van der Waals surface area (Å²) in [4.78, 5) is 8.79. The smallest absolute Gasteiger partial charge is 0.166 e. The molecule has 140 valence electrons. The lowest BCUT2D eigenvalue weighted by molar-refractivity contribution is 0.626. The van der Waals surface area contributed by atoms with E-state index in [-0.39, 0.29) is 23.3 Å². The zero-order chi connectivity index (χ0) is 19.7. The fourth-order valence-electron chi connectivity index (χ4n) is 3.24. The van der Waals surface area contributed by atoms with Gasteiger partial charge >= 0.3 is 0 Å². The van der Waals surface area contributed by atoms with E-state index < -0.39 is 0 Å². The van der Waals surface area contributed by atoms with E-state index in [4.69, 9.17) is 11.5 Å². The number of rotatable bonds is 4. The van der Waals surface area contributed by atoms with E-state index in [1.54, 1.807) is 24.3 Å². The second-order valence-corrected chi connectivity index (χ2v) is 6.67. The van der Waals surface area contributed by atoms with Gasteiger partial charge < -0.3 is 11.5 Å². The molecule has 0 bridgehead atoms. The zero-order valence-electron chi connectivity index (χ0n) is 15.0. The van der Waals surface area contributed by atoms with Gasteiger partial charge in [-0.05, 0) is 65.4 Å². The molecule has 0 atom stereocenters. The molecule has 0 aliphatic carbocycles. The molecule has 4 N–H and O–H groups in total. The van der Waals surface area contributed by atoms with Crippen molar-refractivity contribution < 1.29 is 8.78 Å². The summed E-state index contributed by atoms with van der Waals surface area (Å²) in [5.41, 5.74) is 16.9. The van der Waals surface area contributed by atoms with Crippen molar-refractivity contribution in [2.75, 3.05) is 11.5 Å². The fraction of sp³-hybridized carbons (Fsp3) is 0.0909. The Morgan fingerprint density at radius 1 is 0.643 bits per heavy atom. The van der Waals surface area contributed by atoms with E-state index in [9.17, 15) is 8.78 Å². The summed E-state index contributed by atoms with van der Waals surface area (Å²) in [6.07, 6.45) is 1.13. The van der Waals surface area contributed by atoms with E-state index in [1.807, 2.05) is 12.1 Å². The summed E-state index contributed by atoms with van der Waals surface area (Å²) < 4.78 is 26.5. The Kier molecular flexibility index (Phi) is 4.61. The number of benzene rings is 3. The molecule has 0 aliphatic rings. The summed E-state index contributed by atoms with van der Waals surface area (Å²) in [5.74, 6) is -0.203. The molecule has 6 heteroatoms. The van der Waals surface area contributed by atoms with Crippen LogP contribution in [-0.4, -0.2) is 9.97 Å². The van der Waals surface area contributed by atoms with Gasteiger partial charge in [-0.1, -0.05) is 30.3 Å². The number of fused-ring (bicyclic) bond motifs is 1. The number of anilines is 2. The molecule has 4 rings (SSSR count). The molecule has 4 aromatic rings. The van der Waals surface area contributed by atoms with Crippen LogP contribution in [0, 0.1) is 11.6 Å². The van der Waals surface area contributed by atoms with Gasteiger partial charge in [0.05, 0.1) is 11.0 Å². The number of nitrogens with two attached hydrogens (primary N) is 2. The predicted molar refractivity (Wildman–Crippen MR) is 107 cm³/mol. The minimum absolute atomic E-state index is 0.173. The minimum Gasteiger partial charge on any atom is -0.381 e. The Bertz CT molecular complexity index is 1140. The molecule has 28 heavy (non-hydrogen) atoms. The highest BCUT2D eigenvalue weighted by Crippen LogP contribution is 2.27. The van der Waals surface area contributed by atoms with Crippen molar-refractivity contribution in [3.05, 3.63) is 94.6 Å². The van der Waals surface area contributed by atoms with E-state index in [0.29, 0.717) is 23.9 Å². The van der Waals surface area contributed by atoms with Crippen LogP contribution in [0.2, 0.25) is 0 Å². The van der Waals surface area contributed by atoms with E-state index >= 15 is 0 Å². The third-order valence-corrected chi connectivity index (χ3v) is 4.70. The monoisotopic (exact) mass is 376 g/mol. The number of nitrogen functional groups attached to an aromatic ring is 2. The number of nitrogens with zero attached hydrogens (tertiary/aromatic N) is 2. The van der Waals surface area contributed by atoms with Crippen molar-refractivity contribution in [3.63, 3.8) is 0 Å². The van der Waals surface area contributed by atoms with Gasteiger partial charge in [-0.15, -0.1) is 0 Å². The normalized spacial score (nSPS) is 11.1. The van der Waals surface area contributed by atoms with Gasteiger partial charge in [0, 0.05) is 0 Å². The van der Waals surface area contributed by atoms with Crippen LogP contribution in [0.4, 0.5) is 20.4 Å². The van der Waals surface area contributed by atoms with Crippen molar-refractivity contribution >= 4 is 22.7 Å². The van der Waals surface area contributed by atoms with E-state index in [1.165, 1.54) is 24.3 Å². The Balaban J connectivity index is 1.83. The first-order valence-electron chi connectivity index (χ1n) is 8.82. The maximum absolute atomic E-state index is 13.3. The van der Waals surface area contributed by atoms with Crippen LogP contribution < -0.4 is 11.5 Å². The molecule has 0 amide bonds. The topological polar surface area (TPSA) is 77.8 Å². The summed E-state index contributed by atoms with van der Waals surface area (Å²) in [6.45, 7) is 0. The summed E-state index contributed by atoms with van der Waals surface area (Å²) >= 11 is 0. The van der Waals surface area contributed by atoms with Crippen molar-refractivity contribution in [1.29, 1.82) is 0 Å². The van der Waals surface area contributed by atoms with Gasteiger partial charge in [-0.25, -0.2) is 18.7 Å². The lowest BCUT2D eigenvalue weighted by Crippen LogP contribution is -2.06. The first kappa shape index (κ1) is 17.9. The van der Waals surface area contributed by atoms with Crippen LogP contribution in [0.3, 0.4) is 0 Å². The Morgan fingerprint density at radius 3 is 1.79 bits per heavy atom. The number of hydrogen-bond acceptors (Lipinski definition) is 4. The first-order chi connectivity index (χ1) is 13.5. The predicted octanol–water partition coefficient (Wildman–Crippen LogP) is 4.25. The molecule has 0 spiro atoms. The summed E-state index contributed by atoms with van der Waals surface area (Å²) in [5, 5.41) is 0. The molecular formula is C22H18F2N4. The van der Waals surface area contributed by atoms with E-state index in [0.717, 1.165) is 22.3 Å². The molecule has 0 fully saturated rings. The molecular weight excluding hydrogens is 358 g/mol. The summed E-state index contributed by atoms with van der Waals surface area (Å²) in [6, 6.07) is 16.5. The van der Waals surface area contributed by atoms with Crippen molar-refractivity contribution in [2.24, 2.45) is 0 Å². The molecule has 1 heterocycles. The molecule has 0 saturated heterocycles. The molecule has 1 aromatic heterocycles. The van der Waals surface area contributed by atoms with Crippen LogP contribution >= 0.6 is 0 Å². The van der Waals surface area contributed by atoms with Gasteiger partial charge in [0.1, 0.15) is 11.6 Å². The lowest BCUT2D eigenvalue weighted by Gasteiger charge is -2.14. The standard InChI is InChI=1S/C22H18F2N4/c23-16-6-1-13(2-7-16)11-15-5-10-19-20(28-22(26)21(25)27-19)18(15)12-14-3-8-17(24)9-4-14/h1-10H,11-12H2,(H2,25,27)(H2,26,28). The van der Waals surface area contributed by atoms with Crippen LogP contribution in [0.1, 0.15) is 22.3 Å². The third kappa shape index (κ3) is 3.62. The van der Waals surface area contributed by atoms with Crippen LogP contribution in [0.25, 0.3) is 11.0 Å². The molecule has 4 nitrogen and oxygen atoms in total. The van der Waals surface area contributed by atoms with Crippen LogP contribution in [-0.2, 0) is 12.8 Å². The van der Waals surface area contributed by atoms with Crippen molar-refractivity contribution in [3.8, 4) is 0 Å². The zero-order valence-corrected chi connectivity index (χ0v) is 15.0. The molecule has 0 saturated carbocycles. The highest BCUT2D eigenvalue weighted by molar-refractivity contribution is 5.83. The maximum Gasteiger partial charge on any atom is 0.166 e. The quantitative estimate of drug-likeness (QED) is 0.558. The molecule has 0 aliphatic heterocycles. The second-order valence-electron chi connectivity index (χ2n) is 6.67. The Hall–Kier alpha value is -3.54. The minimum atomic E-state index is -0.287. The van der Waals surface area contributed by atoms with Crippen LogP contribution in [0.5, 0.6) is 0 Å². The lowest BCUT2D eigenvalue weighted by atomic mass is 9.93. The van der Waals surface area contributed by atoms with Gasteiger partial charge in [0.15, 0.2) is 11.6 Å². The average Bonchev–Trinajstić information content (AvgIpc) is 2.68. The third-order valence-electron chi connectivity index (χ3n) is 4.70. The molecule has 3 aromatic carbocycles. The number of halogens is 2. The highest BCUT2D eigenvalue weighted by atomic mass is 19.1. The van der Waals surface area contributed by atoms with Gasteiger partial charge in [0.25, 0.3) is 0 Å². The number of hydrogen-bond donors (Lipinski definition) is 2. The Labute approximate surface area is 160 Å². The van der Waals surface area contributed by atoms with Crippen molar-refractivity contribution in [1.82, 2.24) is 9.97 Å². The highest BCUT2D eigenvalue weighted by Gasteiger charge is 2.14. The fourth-order valence-corrected chi connectivity index (χ4v) is 3.24. The van der Waals surface area contributed by atoms with Gasteiger partial charge in [0.2, 0.25) is 0 Å². The largest absolute Gasteiger partial charge is 0.381 e.